The Bertz CT molecular complexity index is 538. The number of likely N-dealkylation sites (tertiary alicyclic amines) is 1. The predicted octanol–water partition coefficient (Wildman–Crippen LogP) is 2.85. The zero-order valence-electron chi connectivity index (χ0n) is 14.2. The van der Waals surface area contributed by atoms with E-state index in [0.717, 1.165) is 44.9 Å². The number of carbonyl (C=O) groups excluding carboxylic acids is 1. The number of fused-ring (bicyclic) bond motifs is 1. The summed E-state index contributed by atoms with van der Waals surface area (Å²) in [7, 11) is 0. The summed E-state index contributed by atoms with van der Waals surface area (Å²) >= 11 is 0. The van der Waals surface area contributed by atoms with E-state index in [4.69, 9.17) is 4.74 Å². The molecule has 0 aliphatic carbocycles. The molecule has 0 N–H and O–H groups in total. The van der Waals surface area contributed by atoms with Gasteiger partial charge in [0.05, 0.1) is 6.61 Å². The lowest BCUT2D eigenvalue weighted by Gasteiger charge is -2.31. The van der Waals surface area contributed by atoms with Crippen LogP contribution in [0.25, 0.3) is 0 Å². The fraction of sp³-hybridized carbons (Fsp3) is 0.632. The molecule has 1 aromatic rings. The van der Waals surface area contributed by atoms with Gasteiger partial charge >= 0.3 is 0 Å². The van der Waals surface area contributed by atoms with Crippen LogP contribution in [0.15, 0.2) is 18.2 Å². The van der Waals surface area contributed by atoms with E-state index in [2.05, 4.69) is 28.0 Å². The molecule has 0 spiro atoms. The Kier molecular flexibility index (Phi) is 5.55. The van der Waals surface area contributed by atoms with E-state index in [0.29, 0.717) is 18.9 Å². The SMILES string of the molecule is CCOc1ccc2c(c1)CN(CCC(=O)N1CCCCC1)CC2. The maximum absolute atomic E-state index is 12.3. The van der Waals surface area contributed by atoms with Crippen molar-refractivity contribution in [2.24, 2.45) is 0 Å². The van der Waals surface area contributed by atoms with Crippen LogP contribution in [0, 0.1) is 0 Å². The Morgan fingerprint density at radius 2 is 1.96 bits per heavy atom. The molecule has 0 saturated carbocycles. The molecular formula is C19H28N2O2. The number of piperidine rings is 1. The van der Waals surface area contributed by atoms with Crippen LogP contribution in [0.5, 0.6) is 5.75 Å². The van der Waals surface area contributed by atoms with Crippen molar-refractivity contribution < 1.29 is 9.53 Å². The van der Waals surface area contributed by atoms with E-state index in [1.807, 2.05) is 6.92 Å². The van der Waals surface area contributed by atoms with E-state index in [1.165, 1.54) is 30.4 Å². The summed E-state index contributed by atoms with van der Waals surface area (Å²) in [6.45, 7) is 7.48. The molecule has 1 fully saturated rings. The standard InChI is InChI=1S/C19H28N2O2/c1-2-23-18-7-6-16-8-12-20(15-17(16)14-18)13-9-19(22)21-10-4-3-5-11-21/h6-7,14H,2-5,8-13,15H2,1H3. The van der Waals surface area contributed by atoms with Crippen LogP contribution in [0.2, 0.25) is 0 Å². The summed E-state index contributed by atoms with van der Waals surface area (Å²) in [5.41, 5.74) is 2.78. The third kappa shape index (κ3) is 4.25. The summed E-state index contributed by atoms with van der Waals surface area (Å²) in [5.74, 6) is 1.29. The van der Waals surface area contributed by atoms with Crippen molar-refractivity contribution in [1.29, 1.82) is 0 Å². The van der Waals surface area contributed by atoms with Gasteiger partial charge in [-0.15, -0.1) is 0 Å². The molecule has 1 saturated heterocycles. The molecule has 0 atom stereocenters. The molecule has 2 heterocycles. The Labute approximate surface area is 139 Å². The minimum absolute atomic E-state index is 0.332. The molecular weight excluding hydrogens is 288 g/mol. The molecule has 0 radical (unpaired) electrons. The highest BCUT2D eigenvalue weighted by Crippen LogP contribution is 2.24. The molecule has 0 bridgehead atoms. The summed E-state index contributed by atoms with van der Waals surface area (Å²) < 4.78 is 5.61. The molecule has 4 nitrogen and oxygen atoms in total. The molecule has 1 aromatic carbocycles. The zero-order chi connectivity index (χ0) is 16.1. The first-order chi connectivity index (χ1) is 11.3. The molecule has 2 aliphatic rings. The molecule has 1 amide bonds. The maximum Gasteiger partial charge on any atom is 0.223 e. The normalized spacial score (nSPS) is 18.6. The van der Waals surface area contributed by atoms with Gasteiger partial charge in [-0.2, -0.15) is 0 Å². The average Bonchev–Trinajstić information content (AvgIpc) is 2.60. The molecule has 0 aromatic heterocycles. The van der Waals surface area contributed by atoms with Crippen LogP contribution in [-0.2, 0) is 17.8 Å². The summed E-state index contributed by atoms with van der Waals surface area (Å²) in [5, 5.41) is 0. The van der Waals surface area contributed by atoms with Gasteiger partial charge in [0, 0.05) is 39.1 Å². The predicted molar refractivity (Wildman–Crippen MR) is 91.6 cm³/mol. The van der Waals surface area contributed by atoms with E-state index in [1.54, 1.807) is 0 Å². The van der Waals surface area contributed by atoms with Crippen molar-refractivity contribution in [1.82, 2.24) is 9.80 Å². The maximum atomic E-state index is 12.3. The van der Waals surface area contributed by atoms with Crippen LogP contribution < -0.4 is 4.74 Å². The number of benzene rings is 1. The summed E-state index contributed by atoms with van der Waals surface area (Å²) in [6.07, 6.45) is 5.33. The second kappa shape index (κ2) is 7.82. The quantitative estimate of drug-likeness (QED) is 0.837. The van der Waals surface area contributed by atoms with E-state index in [-0.39, 0.29) is 0 Å². The van der Waals surface area contributed by atoms with E-state index in [9.17, 15) is 4.79 Å². The van der Waals surface area contributed by atoms with Gasteiger partial charge in [0.1, 0.15) is 5.75 Å². The van der Waals surface area contributed by atoms with Gasteiger partial charge in [0.25, 0.3) is 0 Å². The van der Waals surface area contributed by atoms with Crippen LogP contribution >= 0.6 is 0 Å². The minimum atomic E-state index is 0.332. The third-order valence-electron chi connectivity index (χ3n) is 4.93. The van der Waals surface area contributed by atoms with Crippen molar-refractivity contribution in [3.05, 3.63) is 29.3 Å². The molecule has 4 heteroatoms. The van der Waals surface area contributed by atoms with Crippen LogP contribution in [0.1, 0.15) is 43.7 Å². The number of rotatable bonds is 5. The Balaban J connectivity index is 1.52. The van der Waals surface area contributed by atoms with Crippen molar-refractivity contribution in [2.45, 2.75) is 45.6 Å². The Morgan fingerprint density at radius 1 is 1.13 bits per heavy atom. The smallest absolute Gasteiger partial charge is 0.223 e. The number of ether oxygens (including phenoxy) is 1. The zero-order valence-corrected chi connectivity index (χ0v) is 14.2. The van der Waals surface area contributed by atoms with Gasteiger partial charge in [-0.05, 0) is 55.9 Å². The first-order valence-corrected chi connectivity index (χ1v) is 9.01. The van der Waals surface area contributed by atoms with Gasteiger partial charge in [-0.1, -0.05) is 6.07 Å². The lowest BCUT2D eigenvalue weighted by molar-refractivity contribution is -0.132. The van der Waals surface area contributed by atoms with E-state index >= 15 is 0 Å². The highest BCUT2D eigenvalue weighted by Gasteiger charge is 2.20. The highest BCUT2D eigenvalue weighted by atomic mass is 16.5. The monoisotopic (exact) mass is 316 g/mol. The second-order valence-electron chi connectivity index (χ2n) is 6.58. The van der Waals surface area contributed by atoms with Crippen LogP contribution in [-0.4, -0.2) is 48.5 Å². The first kappa shape index (κ1) is 16.3. The number of hydrogen-bond acceptors (Lipinski definition) is 3. The lowest BCUT2D eigenvalue weighted by Crippen LogP contribution is -2.39. The van der Waals surface area contributed by atoms with Crippen molar-refractivity contribution in [3.8, 4) is 5.75 Å². The number of hydrogen-bond donors (Lipinski definition) is 0. The van der Waals surface area contributed by atoms with Crippen molar-refractivity contribution >= 4 is 5.91 Å². The lowest BCUT2D eigenvalue weighted by atomic mass is 9.99. The summed E-state index contributed by atoms with van der Waals surface area (Å²) in [6, 6.07) is 6.42. The Hall–Kier alpha value is -1.55. The first-order valence-electron chi connectivity index (χ1n) is 9.01. The fourth-order valence-corrected chi connectivity index (χ4v) is 3.59. The van der Waals surface area contributed by atoms with Crippen LogP contribution in [0.4, 0.5) is 0 Å². The molecule has 126 valence electrons. The van der Waals surface area contributed by atoms with E-state index < -0.39 is 0 Å². The molecule has 23 heavy (non-hydrogen) atoms. The van der Waals surface area contributed by atoms with Gasteiger partial charge in [-0.3, -0.25) is 9.69 Å². The fourth-order valence-electron chi connectivity index (χ4n) is 3.59. The van der Waals surface area contributed by atoms with Gasteiger partial charge in [0.15, 0.2) is 0 Å². The third-order valence-corrected chi connectivity index (χ3v) is 4.93. The number of nitrogens with zero attached hydrogens (tertiary/aromatic N) is 2. The van der Waals surface area contributed by atoms with Gasteiger partial charge < -0.3 is 9.64 Å². The van der Waals surface area contributed by atoms with Crippen molar-refractivity contribution in [3.63, 3.8) is 0 Å². The molecule has 0 unspecified atom stereocenters. The molecule has 3 rings (SSSR count). The van der Waals surface area contributed by atoms with Gasteiger partial charge in [-0.25, -0.2) is 0 Å². The molecule has 2 aliphatic heterocycles. The number of carbonyl (C=O) groups is 1. The highest BCUT2D eigenvalue weighted by molar-refractivity contribution is 5.76. The summed E-state index contributed by atoms with van der Waals surface area (Å²) in [4.78, 5) is 16.8. The topological polar surface area (TPSA) is 32.8 Å². The average molecular weight is 316 g/mol. The van der Waals surface area contributed by atoms with Crippen molar-refractivity contribution in [2.75, 3.05) is 32.8 Å². The van der Waals surface area contributed by atoms with Gasteiger partial charge in [0.2, 0.25) is 5.91 Å². The Morgan fingerprint density at radius 3 is 2.74 bits per heavy atom. The second-order valence-corrected chi connectivity index (χ2v) is 6.58. The largest absolute Gasteiger partial charge is 0.494 e. The number of amides is 1. The van der Waals surface area contributed by atoms with Crippen LogP contribution in [0.3, 0.4) is 0 Å². The minimum Gasteiger partial charge on any atom is -0.494 e.